The molecule has 8 heteroatoms. The van der Waals surface area contributed by atoms with Crippen molar-refractivity contribution < 1.29 is 9.32 Å². The maximum Gasteiger partial charge on any atom is 0.240 e. The average molecular weight is 379 g/mol. The van der Waals surface area contributed by atoms with Crippen molar-refractivity contribution in [2.45, 2.75) is 24.8 Å². The van der Waals surface area contributed by atoms with E-state index in [4.69, 9.17) is 16.1 Å². The average Bonchev–Trinajstić information content (AvgIpc) is 3.34. The number of benzene rings is 1. The normalized spacial score (nSPS) is 23.8. The fourth-order valence-corrected chi connectivity index (χ4v) is 4.33. The molecular formula is C17H19ClN4O2S. The zero-order chi connectivity index (χ0) is 17.2. The Bertz CT molecular complexity index is 745. The van der Waals surface area contributed by atoms with Gasteiger partial charge in [-0.1, -0.05) is 16.8 Å². The molecule has 132 valence electrons. The van der Waals surface area contributed by atoms with Gasteiger partial charge in [0, 0.05) is 35.3 Å². The van der Waals surface area contributed by atoms with Gasteiger partial charge in [0.2, 0.25) is 17.6 Å². The zero-order valence-electron chi connectivity index (χ0n) is 13.7. The van der Waals surface area contributed by atoms with Gasteiger partial charge in [-0.15, -0.1) is 11.8 Å². The monoisotopic (exact) mass is 378 g/mol. The summed E-state index contributed by atoms with van der Waals surface area (Å²) in [6.07, 6.45) is 1.91. The van der Waals surface area contributed by atoms with Crippen LogP contribution in [0.5, 0.6) is 0 Å². The first-order valence-electron chi connectivity index (χ1n) is 8.40. The van der Waals surface area contributed by atoms with Crippen LogP contribution in [0, 0.1) is 0 Å². The van der Waals surface area contributed by atoms with Gasteiger partial charge in [0.15, 0.2) is 0 Å². The van der Waals surface area contributed by atoms with Gasteiger partial charge in [-0.3, -0.25) is 10.1 Å². The first-order valence-corrected chi connectivity index (χ1v) is 9.93. The second-order valence-corrected chi connectivity index (χ2v) is 7.83. The predicted octanol–water partition coefficient (Wildman–Crippen LogP) is 2.76. The summed E-state index contributed by atoms with van der Waals surface area (Å²) >= 11 is 7.68. The number of nitrogens with zero attached hydrogens (tertiary/aromatic N) is 3. The molecule has 2 aromatic rings. The van der Waals surface area contributed by atoms with Gasteiger partial charge < -0.3 is 9.42 Å². The van der Waals surface area contributed by atoms with Gasteiger partial charge in [0.25, 0.3) is 0 Å². The number of rotatable bonds is 3. The lowest BCUT2D eigenvalue weighted by Crippen LogP contribution is -2.48. The molecule has 2 unspecified atom stereocenters. The summed E-state index contributed by atoms with van der Waals surface area (Å²) in [5, 5.41) is 8.01. The largest absolute Gasteiger partial charge is 0.341 e. The van der Waals surface area contributed by atoms with E-state index >= 15 is 0 Å². The predicted molar refractivity (Wildman–Crippen MR) is 97.5 cm³/mol. The van der Waals surface area contributed by atoms with Crippen LogP contribution in [0.25, 0.3) is 11.4 Å². The van der Waals surface area contributed by atoms with Gasteiger partial charge in [-0.05, 0) is 37.1 Å². The second kappa shape index (κ2) is 7.35. The Labute approximate surface area is 155 Å². The van der Waals surface area contributed by atoms with E-state index in [1.54, 1.807) is 23.9 Å². The smallest absolute Gasteiger partial charge is 0.240 e. The minimum Gasteiger partial charge on any atom is -0.341 e. The first kappa shape index (κ1) is 16.9. The Morgan fingerprint density at radius 2 is 2.20 bits per heavy atom. The molecular weight excluding hydrogens is 360 g/mol. The molecule has 0 aliphatic carbocycles. The molecule has 6 nitrogen and oxygen atoms in total. The number of aromatic nitrogens is 2. The van der Waals surface area contributed by atoms with E-state index in [9.17, 15) is 4.79 Å². The molecule has 0 saturated carbocycles. The van der Waals surface area contributed by atoms with Crippen molar-refractivity contribution in [3.05, 3.63) is 35.2 Å². The Kier molecular flexibility index (Phi) is 4.96. The van der Waals surface area contributed by atoms with Gasteiger partial charge in [0.1, 0.15) is 0 Å². The van der Waals surface area contributed by atoms with Crippen molar-refractivity contribution in [1.29, 1.82) is 0 Å². The molecule has 25 heavy (non-hydrogen) atoms. The fourth-order valence-electron chi connectivity index (χ4n) is 3.27. The summed E-state index contributed by atoms with van der Waals surface area (Å²) in [5.41, 5.74) is 0.871. The molecule has 2 aliphatic heterocycles. The number of hydrogen-bond acceptors (Lipinski definition) is 6. The van der Waals surface area contributed by atoms with Crippen molar-refractivity contribution in [2.24, 2.45) is 0 Å². The third-order valence-corrected chi connectivity index (χ3v) is 5.83. The summed E-state index contributed by atoms with van der Waals surface area (Å²) in [7, 11) is 0. The van der Waals surface area contributed by atoms with Crippen LogP contribution in [0.2, 0.25) is 5.02 Å². The van der Waals surface area contributed by atoms with Gasteiger partial charge in [0.05, 0.1) is 12.0 Å². The molecule has 2 atom stereocenters. The molecule has 0 spiro atoms. The molecule has 2 fully saturated rings. The zero-order valence-corrected chi connectivity index (χ0v) is 15.2. The van der Waals surface area contributed by atoms with Crippen LogP contribution in [0.4, 0.5) is 0 Å². The lowest BCUT2D eigenvalue weighted by Gasteiger charge is -2.32. The summed E-state index contributed by atoms with van der Waals surface area (Å²) in [6, 6.07) is 7.30. The van der Waals surface area contributed by atoms with Gasteiger partial charge >= 0.3 is 0 Å². The highest BCUT2D eigenvalue weighted by Gasteiger charge is 2.33. The molecule has 1 aromatic carbocycles. The highest BCUT2D eigenvalue weighted by atomic mass is 35.5. The number of carbonyl (C=O) groups is 1. The number of thioether (sulfide) groups is 1. The van der Waals surface area contributed by atoms with E-state index in [1.807, 2.05) is 17.0 Å². The van der Waals surface area contributed by atoms with Gasteiger partial charge in [-0.2, -0.15) is 4.98 Å². The lowest BCUT2D eigenvalue weighted by molar-refractivity contribution is -0.134. The summed E-state index contributed by atoms with van der Waals surface area (Å²) in [6.45, 7) is 1.44. The maximum absolute atomic E-state index is 12.6. The molecule has 3 heterocycles. The van der Waals surface area contributed by atoms with E-state index in [0.29, 0.717) is 23.3 Å². The molecule has 1 amide bonds. The Morgan fingerprint density at radius 1 is 1.36 bits per heavy atom. The number of piperidine rings is 1. The molecule has 2 saturated heterocycles. The molecule has 0 radical (unpaired) electrons. The Morgan fingerprint density at radius 3 is 2.96 bits per heavy atom. The highest BCUT2D eigenvalue weighted by molar-refractivity contribution is 7.99. The van der Waals surface area contributed by atoms with E-state index in [-0.39, 0.29) is 17.9 Å². The maximum atomic E-state index is 12.6. The van der Waals surface area contributed by atoms with Crippen molar-refractivity contribution in [3.63, 3.8) is 0 Å². The SMILES string of the molecule is O=C(C1CSCN1)N1CCCC(c2nc(-c3ccc(Cl)cc3)no2)C1. The van der Waals surface area contributed by atoms with E-state index < -0.39 is 0 Å². The molecule has 2 aliphatic rings. The van der Waals surface area contributed by atoms with E-state index in [0.717, 1.165) is 36.6 Å². The number of carbonyl (C=O) groups excluding carboxylic acids is 1. The Hall–Kier alpha value is -1.57. The molecule has 1 aromatic heterocycles. The van der Waals surface area contributed by atoms with Crippen molar-refractivity contribution >= 4 is 29.3 Å². The minimum atomic E-state index is -0.0592. The van der Waals surface area contributed by atoms with E-state index in [1.165, 1.54) is 0 Å². The first-order chi connectivity index (χ1) is 12.2. The fraction of sp³-hybridized carbons (Fsp3) is 0.471. The van der Waals surface area contributed by atoms with E-state index in [2.05, 4.69) is 15.5 Å². The molecule has 1 N–H and O–H groups in total. The quantitative estimate of drug-likeness (QED) is 0.885. The van der Waals surface area contributed by atoms with Crippen LogP contribution < -0.4 is 5.32 Å². The van der Waals surface area contributed by atoms with Crippen LogP contribution in [-0.4, -0.2) is 51.7 Å². The number of nitrogens with one attached hydrogen (secondary N) is 1. The topological polar surface area (TPSA) is 71.3 Å². The van der Waals surface area contributed by atoms with Crippen LogP contribution in [0.1, 0.15) is 24.7 Å². The third-order valence-electron chi connectivity index (χ3n) is 4.64. The molecule has 0 bridgehead atoms. The highest BCUT2D eigenvalue weighted by Crippen LogP contribution is 2.28. The number of halogens is 1. The van der Waals surface area contributed by atoms with Crippen molar-refractivity contribution in [2.75, 3.05) is 24.7 Å². The summed E-state index contributed by atoms with van der Waals surface area (Å²) in [5.74, 6) is 3.15. The van der Waals surface area contributed by atoms with Crippen LogP contribution in [0.3, 0.4) is 0 Å². The number of likely N-dealkylation sites (tertiary alicyclic amines) is 1. The second-order valence-electron chi connectivity index (χ2n) is 6.36. The lowest BCUT2D eigenvalue weighted by atomic mass is 9.97. The van der Waals surface area contributed by atoms with Crippen LogP contribution in [0.15, 0.2) is 28.8 Å². The molecule has 4 rings (SSSR count). The van der Waals surface area contributed by atoms with Gasteiger partial charge in [-0.25, -0.2) is 0 Å². The summed E-state index contributed by atoms with van der Waals surface area (Å²) < 4.78 is 5.49. The third kappa shape index (κ3) is 3.68. The van der Waals surface area contributed by atoms with Crippen molar-refractivity contribution in [1.82, 2.24) is 20.4 Å². The van der Waals surface area contributed by atoms with Crippen LogP contribution >= 0.6 is 23.4 Å². The van der Waals surface area contributed by atoms with Crippen molar-refractivity contribution in [3.8, 4) is 11.4 Å². The summed E-state index contributed by atoms with van der Waals surface area (Å²) in [4.78, 5) is 19.1. The number of hydrogen-bond donors (Lipinski definition) is 1. The number of amides is 1. The minimum absolute atomic E-state index is 0.0592. The van der Waals surface area contributed by atoms with Crippen LogP contribution in [-0.2, 0) is 4.79 Å². The Balaban J connectivity index is 1.46. The standard InChI is InChI=1S/C17H19ClN4O2S/c18-13-5-3-11(4-6-13)15-20-16(24-21-15)12-2-1-7-22(8-12)17(23)14-9-25-10-19-14/h3-6,12,14,19H,1-2,7-10H2.